The third-order valence-electron chi connectivity index (χ3n) is 4.86. The second-order valence-corrected chi connectivity index (χ2v) is 7.44. The molecule has 1 N–H and O–H groups in total. The van der Waals surface area contributed by atoms with E-state index in [0.717, 1.165) is 16.9 Å². The maximum absolute atomic E-state index is 13.0. The second-order valence-electron chi connectivity index (χ2n) is 7.44. The van der Waals surface area contributed by atoms with E-state index in [1.54, 1.807) is 32.2 Å². The molecule has 7 heteroatoms. The molecule has 1 aliphatic heterocycles. The molecule has 1 heterocycles. The Kier molecular flexibility index (Phi) is 6.13. The van der Waals surface area contributed by atoms with Crippen molar-refractivity contribution in [3.8, 4) is 5.75 Å². The minimum absolute atomic E-state index is 0.263. The molecule has 0 spiro atoms. The van der Waals surface area contributed by atoms with Gasteiger partial charge < -0.3 is 14.8 Å². The SMILES string of the molecule is COc1ccc(C2(C)NC(=O)N(C(C)C(=O)OCCC(C)C)C2=O)cc1C. The molecular weight excluding hydrogens is 348 g/mol. The normalized spacial score (nSPS) is 20.6. The number of nitrogens with one attached hydrogen (secondary N) is 1. The molecule has 0 radical (unpaired) electrons. The highest BCUT2D eigenvalue weighted by atomic mass is 16.5. The largest absolute Gasteiger partial charge is 0.496 e. The van der Waals surface area contributed by atoms with Crippen molar-refractivity contribution >= 4 is 17.9 Å². The number of benzene rings is 1. The standard InChI is InChI=1S/C20H28N2O5/c1-12(2)9-10-27-17(23)14(4)22-18(24)20(5,21-19(22)25)15-7-8-16(26-6)13(3)11-15/h7-8,11-12,14H,9-10H2,1-6H3,(H,21,25). The lowest BCUT2D eigenvalue weighted by Gasteiger charge is -2.25. The van der Waals surface area contributed by atoms with Gasteiger partial charge in [0.1, 0.15) is 17.3 Å². The van der Waals surface area contributed by atoms with Gasteiger partial charge in [-0.1, -0.05) is 19.9 Å². The van der Waals surface area contributed by atoms with Crippen LogP contribution in [0.5, 0.6) is 5.75 Å². The number of rotatable bonds is 7. The monoisotopic (exact) mass is 376 g/mol. The van der Waals surface area contributed by atoms with Gasteiger partial charge in [-0.25, -0.2) is 14.5 Å². The van der Waals surface area contributed by atoms with E-state index < -0.39 is 29.5 Å². The molecule has 148 valence electrons. The van der Waals surface area contributed by atoms with Gasteiger partial charge in [0.05, 0.1) is 13.7 Å². The Morgan fingerprint density at radius 3 is 2.48 bits per heavy atom. The first-order chi connectivity index (χ1) is 12.6. The number of esters is 1. The van der Waals surface area contributed by atoms with Crippen LogP contribution in [0, 0.1) is 12.8 Å². The number of methoxy groups -OCH3 is 1. The number of urea groups is 1. The highest BCUT2D eigenvalue weighted by Crippen LogP contribution is 2.32. The Balaban J connectivity index is 2.20. The van der Waals surface area contributed by atoms with Gasteiger partial charge in [-0.2, -0.15) is 0 Å². The van der Waals surface area contributed by atoms with Crippen molar-refractivity contribution in [1.82, 2.24) is 10.2 Å². The van der Waals surface area contributed by atoms with Crippen LogP contribution in [0.3, 0.4) is 0 Å². The number of nitrogens with zero attached hydrogens (tertiary/aromatic N) is 1. The number of hydrogen-bond donors (Lipinski definition) is 1. The quantitative estimate of drug-likeness (QED) is 0.584. The zero-order chi connectivity index (χ0) is 20.4. The number of amides is 3. The van der Waals surface area contributed by atoms with E-state index in [0.29, 0.717) is 17.2 Å². The summed E-state index contributed by atoms with van der Waals surface area (Å²) in [6.45, 7) is 9.30. The number of aryl methyl sites for hydroxylation is 1. The van der Waals surface area contributed by atoms with Gasteiger partial charge in [0.25, 0.3) is 5.91 Å². The Morgan fingerprint density at radius 2 is 1.93 bits per heavy atom. The van der Waals surface area contributed by atoms with E-state index in [2.05, 4.69) is 5.32 Å². The number of hydrogen-bond acceptors (Lipinski definition) is 5. The summed E-state index contributed by atoms with van der Waals surface area (Å²) in [5, 5.41) is 2.71. The molecule has 2 rings (SSSR count). The summed E-state index contributed by atoms with van der Waals surface area (Å²) < 4.78 is 10.5. The third kappa shape index (κ3) is 4.07. The zero-order valence-corrected chi connectivity index (χ0v) is 16.8. The van der Waals surface area contributed by atoms with Gasteiger partial charge in [0.15, 0.2) is 0 Å². The van der Waals surface area contributed by atoms with Crippen molar-refractivity contribution in [1.29, 1.82) is 0 Å². The van der Waals surface area contributed by atoms with Gasteiger partial charge in [-0.3, -0.25) is 4.79 Å². The number of imide groups is 1. The van der Waals surface area contributed by atoms with Crippen molar-refractivity contribution in [2.45, 2.75) is 52.6 Å². The summed E-state index contributed by atoms with van der Waals surface area (Å²) in [6.07, 6.45) is 0.724. The minimum atomic E-state index is -1.25. The van der Waals surface area contributed by atoms with Crippen LogP contribution in [0.4, 0.5) is 4.79 Å². The fourth-order valence-corrected chi connectivity index (χ4v) is 3.02. The van der Waals surface area contributed by atoms with Crippen LogP contribution in [0.15, 0.2) is 18.2 Å². The van der Waals surface area contributed by atoms with Crippen LogP contribution in [0.25, 0.3) is 0 Å². The summed E-state index contributed by atoms with van der Waals surface area (Å²) in [5.74, 6) is 0.0178. The van der Waals surface area contributed by atoms with Gasteiger partial charge in [0.2, 0.25) is 0 Å². The molecule has 1 fully saturated rings. The number of ether oxygens (including phenoxy) is 2. The average molecular weight is 376 g/mol. The van der Waals surface area contributed by atoms with E-state index in [1.807, 2.05) is 20.8 Å². The first kappa shape index (κ1) is 20.7. The summed E-state index contributed by atoms with van der Waals surface area (Å²) in [4.78, 5) is 38.7. The van der Waals surface area contributed by atoms with E-state index >= 15 is 0 Å². The van der Waals surface area contributed by atoms with Crippen molar-refractivity contribution in [3.05, 3.63) is 29.3 Å². The van der Waals surface area contributed by atoms with Crippen LogP contribution >= 0.6 is 0 Å². The second kappa shape index (κ2) is 7.98. The van der Waals surface area contributed by atoms with Gasteiger partial charge in [-0.15, -0.1) is 0 Å². The van der Waals surface area contributed by atoms with E-state index in [-0.39, 0.29) is 6.61 Å². The predicted octanol–water partition coefficient (Wildman–Crippen LogP) is 2.75. The maximum Gasteiger partial charge on any atom is 0.329 e. The van der Waals surface area contributed by atoms with Gasteiger partial charge in [-0.05, 0) is 56.4 Å². The van der Waals surface area contributed by atoms with Crippen molar-refractivity contribution in [2.75, 3.05) is 13.7 Å². The Bertz CT molecular complexity index is 746. The molecule has 1 aromatic rings. The van der Waals surface area contributed by atoms with Crippen LogP contribution in [0.1, 0.15) is 45.2 Å². The lowest BCUT2D eigenvalue weighted by atomic mass is 9.90. The summed E-state index contributed by atoms with van der Waals surface area (Å²) >= 11 is 0. The van der Waals surface area contributed by atoms with Crippen LogP contribution in [0.2, 0.25) is 0 Å². The molecule has 2 unspecified atom stereocenters. The molecule has 3 amide bonds. The first-order valence-electron chi connectivity index (χ1n) is 9.09. The summed E-state index contributed by atoms with van der Waals surface area (Å²) in [5.41, 5.74) is 0.223. The molecule has 0 aliphatic carbocycles. The Labute approximate surface area is 160 Å². The van der Waals surface area contributed by atoms with Crippen LogP contribution in [-0.2, 0) is 19.9 Å². The molecular formula is C20H28N2O5. The topological polar surface area (TPSA) is 84.9 Å². The average Bonchev–Trinajstić information content (AvgIpc) is 2.83. The molecule has 0 aromatic heterocycles. The fraction of sp³-hybridized carbons (Fsp3) is 0.550. The predicted molar refractivity (Wildman–Crippen MR) is 100 cm³/mol. The van der Waals surface area contributed by atoms with Crippen LogP contribution < -0.4 is 10.1 Å². The molecule has 7 nitrogen and oxygen atoms in total. The highest BCUT2D eigenvalue weighted by Gasteiger charge is 2.52. The Morgan fingerprint density at radius 1 is 1.26 bits per heavy atom. The summed E-state index contributed by atoms with van der Waals surface area (Å²) in [7, 11) is 1.57. The van der Waals surface area contributed by atoms with E-state index in [9.17, 15) is 14.4 Å². The van der Waals surface area contributed by atoms with Gasteiger partial charge in [0, 0.05) is 0 Å². The molecule has 0 bridgehead atoms. The molecule has 0 saturated carbocycles. The van der Waals surface area contributed by atoms with Crippen molar-refractivity contribution in [2.24, 2.45) is 5.92 Å². The minimum Gasteiger partial charge on any atom is -0.496 e. The highest BCUT2D eigenvalue weighted by molar-refractivity contribution is 6.09. The molecule has 1 aromatic carbocycles. The summed E-state index contributed by atoms with van der Waals surface area (Å²) in [6, 6.07) is 3.68. The van der Waals surface area contributed by atoms with E-state index in [1.165, 1.54) is 6.92 Å². The molecule has 1 saturated heterocycles. The lowest BCUT2D eigenvalue weighted by molar-refractivity contribution is -0.152. The third-order valence-corrected chi connectivity index (χ3v) is 4.86. The molecule has 1 aliphatic rings. The smallest absolute Gasteiger partial charge is 0.329 e. The van der Waals surface area contributed by atoms with E-state index in [4.69, 9.17) is 9.47 Å². The van der Waals surface area contributed by atoms with Crippen LogP contribution in [-0.4, -0.2) is 42.6 Å². The maximum atomic E-state index is 13.0. The lowest BCUT2D eigenvalue weighted by Crippen LogP contribution is -2.46. The van der Waals surface area contributed by atoms with Crippen molar-refractivity contribution < 1.29 is 23.9 Å². The molecule has 2 atom stereocenters. The number of carbonyl (C=O) groups is 3. The number of carbonyl (C=O) groups excluding carboxylic acids is 3. The zero-order valence-electron chi connectivity index (χ0n) is 16.8. The molecule has 27 heavy (non-hydrogen) atoms. The fourth-order valence-electron chi connectivity index (χ4n) is 3.02. The first-order valence-corrected chi connectivity index (χ1v) is 9.09. The van der Waals surface area contributed by atoms with Crippen molar-refractivity contribution in [3.63, 3.8) is 0 Å². The van der Waals surface area contributed by atoms with Gasteiger partial charge >= 0.3 is 12.0 Å². The Hall–Kier alpha value is -2.57.